The van der Waals surface area contributed by atoms with Crippen LogP contribution in [0.4, 0.5) is 0 Å². The van der Waals surface area contributed by atoms with Gasteiger partial charge in [-0.3, -0.25) is 4.79 Å². The van der Waals surface area contributed by atoms with Crippen molar-refractivity contribution in [1.82, 2.24) is 24.6 Å². The minimum Gasteiger partial charge on any atom is -0.345 e. The number of nitrogens with zero attached hydrogens (tertiary/aromatic N) is 4. The van der Waals surface area contributed by atoms with E-state index in [1.54, 1.807) is 6.20 Å². The summed E-state index contributed by atoms with van der Waals surface area (Å²) in [5.74, 6) is 0.722. The zero-order valence-electron chi connectivity index (χ0n) is 16.1. The van der Waals surface area contributed by atoms with Gasteiger partial charge in [-0.2, -0.15) is 5.10 Å². The highest BCUT2D eigenvalue weighted by Gasteiger charge is 2.18. The molecule has 4 aromatic rings. The van der Waals surface area contributed by atoms with Gasteiger partial charge in [-0.15, -0.1) is 0 Å². The number of aromatic nitrogens is 4. The number of hydrogen-bond donors (Lipinski definition) is 1. The van der Waals surface area contributed by atoms with Crippen LogP contribution in [0.25, 0.3) is 16.7 Å². The number of carbonyl (C=O) groups excluding carboxylic acids is 1. The molecule has 0 radical (unpaired) electrons. The van der Waals surface area contributed by atoms with Crippen molar-refractivity contribution in [3.63, 3.8) is 0 Å². The molecule has 4 rings (SSSR count). The highest BCUT2D eigenvalue weighted by molar-refractivity contribution is 5.95. The van der Waals surface area contributed by atoms with Crippen LogP contribution < -0.4 is 5.32 Å². The Morgan fingerprint density at radius 1 is 1.04 bits per heavy atom. The lowest BCUT2D eigenvalue weighted by atomic mass is 10.2. The molecule has 0 unspecified atom stereocenters. The average molecular weight is 373 g/mol. The van der Waals surface area contributed by atoms with Crippen molar-refractivity contribution in [1.29, 1.82) is 0 Å². The largest absolute Gasteiger partial charge is 0.345 e. The Bertz CT molecular complexity index is 1110. The molecule has 2 heterocycles. The Hall–Kier alpha value is -3.41. The van der Waals surface area contributed by atoms with Crippen LogP contribution in [-0.2, 0) is 19.5 Å². The Labute approximate surface area is 163 Å². The van der Waals surface area contributed by atoms with Crippen molar-refractivity contribution in [2.45, 2.75) is 33.4 Å². The number of nitrogens with one attached hydrogen (secondary N) is 1. The van der Waals surface area contributed by atoms with Crippen molar-refractivity contribution in [3.05, 3.63) is 77.9 Å². The minimum absolute atomic E-state index is 0.131. The molecule has 2 aromatic heterocycles. The summed E-state index contributed by atoms with van der Waals surface area (Å²) in [5.41, 5.74) is 4.48. The maximum atomic E-state index is 12.9. The smallest absolute Gasteiger partial charge is 0.255 e. The van der Waals surface area contributed by atoms with E-state index < -0.39 is 0 Å². The maximum Gasteiger partial charge on any atom is 0.255 e. The monoisotopic (exact) mass is 373 g/mol. The van der Waals surface area contributed by atoms with Crippen molar-refractivity contribution < 1.29 is 4.79 Å². The molecule has 2 aromatic carbocycles. The summed E-state index contributed by atoms with van der Waals surface area (Å²) in [4.78, 5) is 17.5. The quantitative estimate of drug-likeness (QED) is 0.560. The molecule has 0 aliphatic heterocycles. The van der Waals surface area contributed by atoms with Gasteiger partial charge in [0.1, 0.15) is 5.82 Å². The SMILES string of the molecule is CCc1c(C(=O)NCc2nc3ccccc3n2CC)cnn1-c1ccccc1. The van der Waals surface area contributed by atoms with Gasteiger partial charge in [0.05, 0.1) is 40.7 Å². The average Bonchev–Trinajstić information content (AvgIpc) is 3.33. The molecule has 0 spiro atoms. The summed E-state index contributed by atoms with van der Waals surface area (Å²) >= 11 is 0. The molecule has 28 heavy (non-hydrogen) atoms. The third-order valence-corrected chi connectivity index (χ3v) is 4.91. The predicted octanol–water partition coefficient (Wildman–Crippen LogP) is 3.73. The second-order valence-corrected chi connectivity index (χ2v) is 6.55. The summed E-state index contributed by atoms with van der Waals surface area (Å²) in [5, 5.41) is 7.45. The number of hydrogen-bond acceptors (Lipinski definition) is 3. The van der Waals surface area contributed by atoms with Crippen LogP contribution in [0, 0.1) is 0 Å². The van der Waals surface area contributed by atoms with Crippen molar-refractivity contribution >= 4 is 16.9 Å². The van der Waals surface area contributed by atoms with Gasteiger partial charge >= 0.3 is 0 Å². The van der Waals surface area contributed by atoms with Gasteiger partial charge in [-0.1, -0.05) is 37.3 Å². The first-order valence-corrected chi connectivity index (χ1v) is 9.57. The molecule has 0 aliphatic carbocycles. The Morgan fingerprint density at radius 2 is 1.79 bits per heavy atom. The third kappa shape index (κ3) is 3.17. The van der Waals surface area contributed by atoms with Crippen molar-refractivity contribution in [2.24, 2.45) is 0 Å². The minimum atomic E-state index is -0.131. The fourth-order valence-corrected chi connectivity index (χ4v) is 3.56. The lowest BCUT2D eigenvalue weighted by Gasteiger charge is -2.09. The maximum absolute atomic E-state index is 12.9. The number of fused-ring (bicyclic) bond motifs is 1. The topological polar surface area (TPSA) is 64.7 Å². The van der Waals surface area contributed by atoms with Crippen LogP contribution in [0.3, 0.4) is 0 Å². The van der Waals surface area contributed by atoms with E-state index in [1.807, 2.05) is 60.1 Å². The predicted molar refractivity (Wildman–Crippen MR) is 110 cm³/mol. The molecule has 1 amide bonds. The standard InChI is InChI=1S/C22H23N5O/c1-3-19-17(14-24-27(19)16-10-6-5-7-11-16)22(28)23-15-21-25-18-12-8-9-13-20(18)26(21)4-2/h5-14H,3-4,15H2,1-2H3,(H,23,28). The first kappa shape index (κ1) is 18.0. The number of imidazole rings is 1. The van der Waals surface area contributed by atoms with E-state index in [9.17, 15) is 4.79 Å². The van der Waals surface area contributed by atoms with Gasteiger partial charge in [-0.05, 0) is 37.6 Å². The summed E-state index contributed by atoms with van der Waals surface area (Å²) in [7, 11) is 0. The Morgan fingerprint density at radius 3 is 2.54 bits per heavy atom. The second kappa shape index (κ2) is 7.68. The van der Waals surface area contributed by atoms with E-state index in [2.05, 4.69) is 33.0 Å². The van der Waals surface area contributed by atoms with E-state index in [-0.39, 0.29) is 5.91 Å². The van der Waals surface area contributed by atoms with Gasteiger partial charge in [-0.25, -0.2) is 9.67 Å². The van der Waals surface area contributed by atoms with E-state index in [1.165, 1.54) is 0 Å². The molecule has 1 N–H and O–H groups in total. The lowest BCUT2D eigenvalue weighted by Crippen LogP contribution is -2.25. The molecule has 0 bridgehead atoms. The Kier molecular flexibility index (Phi) is 4.93. The molecule has 0 saturated carbocycles. The van der Waals surface area contributed by atoms with Crippen LogP contribution in [-0.4, -0.2) is 25.2 Å². The highest BCUT2D eigenvalue weighted by atomic mass is 16.1. The van der Waals surface area contributed by atoms with E-state index in [4.69, 9.17) is 0 Å². The van der Waals surface area contributed by atoms with Gasteiger partial charge < -0.3 is 9.88 Å². The number of rotatable bonds is 6. The van der Waals surface area contributed by atoms with Crippen molar-refractivity contribution in [2.75, 3.05) is 0 Å². The third-order valence-electron chi connectivity index (χ3n) is 4.91. The molecule has 0 fully saturated rings. The van der Waals surface area contributed by atoms with E-state index in [0.717, 1.165) is 34.8 Å². The second-order valence-electron chi connectivity index (χ2n) is 6.55. The van der Waals surface area contributed by atoms with Crippen LogP contribution in [0.2, 0.25) is 0 Å². The van der Waals surface area contributed by atoms with E-state index in [0.29, 0.717) is 18.5 Å². The van der Waals surface area contributed by atoms with Gasteiger partial charge in [0.25, 0.3) is 5.91 Å². The van der Waals surface area contributed by atoms with Crippen LogP contribution in [0.15, 0.2) is 60.8 Å². The fourth-order valence-electron chi connectivity index (χ4n) is 3.56. The molecule has 6 heteroatoms. The molecule has 142 valence electrons. The first-order chi connectivity index (χ1) is 13.7. The summed E-state index contributed by atoms with van der Waals surface area (Å²) < 4.78 is 3.96. The van der Waals surface area contributed by atoms with Crippen LogP contribution in [0.5, 0.6) is 0 Å². The lowest BCUT2D eigenvalue weighted by molar-refractivity contribution is 0.0948. The normalized spacial score (nSPS) is 11.1. The number of amides is 1. The summed E-state index contributed by atoms with van der Waals surface area (Å²) in [6, 6.07) is 17.9. The van der Waals surface area contributed by atoms with Crippen molar-refractivity contribution in [3.8, 4) is 5.69 Å². The van der Waals surface area contributed by atoms with Gasteiger partial charge in [0.2, 0.25) is 0 Å². The number of benzene rings is 2. The number of carbonyl (C=O) groups is 1. The molecule has 0 aliphatic rings. The van der Waals surface area contributed by atoms with Crippen LogP contribution in [0.1, 0.15) is 35.7 Å². The fraction of sp³-hybridized carbons (Fsp3) is 0.227. The molecule has 0 atom stereocenters. The summed E-state index contributed by atoms with van der Waals surface area (Å²) in [6.07, 6.45) is 2.36. The van der Waals surface area contributed by atoms with E-state index >= 15 is 0 Å². The number of aryl methyl sites for hydroxylation is 1. The molecular weight excluding hydrogens is 350 g/mol. The summed E-state index contributed by atoms with van der Waals surface area (Å²) in [6.45, 7) is 5.29. The highest BCUT2D eigenvalue weighted by Crippen LogP contribution is 2.18. The molecular formula is C22H23N5O. The molecule has 0 saturated heterocycles. The zero-order valence-corrected chi connectivity index (χ0v) is 16.1. The first-order valence-electron chi connectivity index (χ1n) is 9.57. The number of para-hydroxylation sites is 3. The van der Waals surface area contributed by atoms with Gasteiger partial charge in [0.15, 0.2) is 0 Å². The van der Waals surface area contributed by atoms with Crippen LogP contribution >= 0.6 is 0 Å². The van der Waals surface area contributed by atoms with Gasteiger partial charge in [0, 0.05) is 6.54 Å². The molecule has 6 nitrogen and oxygen atoms in total. The Balaban J connectivity index is 1.57. The zero-order chi connectivity index (χ0) is 19.5.